The molecular weight excluding hydrogens is 396 g/mol. The van der Waals surface area contributed by atoms with E-state index in [0.717, 1.165) is 22.5 Å². The third kappa shape index (κ3) is 4.50. The molecule has 0 aliphatic heterocycles. The van der Waals surface area contributed by atoms with Gasteiger partial charge in [-0.1, -0.05) is 48.5 Å². The number of amides is 1. The van der Waals surface area contributed by atoms with Gasteiger partial charge in [0.05, 0.1) is 28.2 Å². The molecule has 0 aliphatic rings. The first-order valence-electron chi connectivity index (χ1n) is 9.66. The maximum atomic E-state index is 12.5. The van der Waals surface area contributed by atoms with Gasteiger partial charge < -0.3 is 15.4 Å². The van der Waals surface area contributed by atoms with E-state index >= 15 is 0 Å². The predicted molar refractivity (Wildman–Crippen MR) is 114 cm³/mol. The van der Waals surface area contributed by atoms with Gasteiger partial charge in [0.25, 0.3) is 0 Å². The molecule has 4 aromatic rings. The maximum absolute atomic E-state index is 12.5. The Morgan fingerprint density at radius 2 is 1.74 bits per heavy atom. The van der Waals surface area contributed by atoms with E-state index in [-0.39, 0.29) is 24.8 Å². The van der Waals surface area contributed by atoms with Gasteiger partial charge in [-0.2, -0.15) is 9.78 Å². The molecule has 0 atom stereocenters. The first kappa shape index (κ1) is 20.0. The van der Waals surface area contributed by atoms with Crippen LogP contribution < -0.4 is 5.32 Å². The largest absolute Gasteiger partial charge is 0.390 e. The van der Waals surface area contributed by atoms with E-state index in [1.54, 1.807) is 11.6 Å². The van der Waals surface area contributed by atoms with Gasteiger partial charge in [-0.25, -0.2) is 4.68 Å². The van der Waals surface area contributed by atoms with Crippen LogP contribution in [-0.4, -0.2) is 30.4 Å². The monoisotopic (exact) mass is 416 g/mol. The van der Waals surface area contributed by atoms with Crippen LogP contribution in [0.25, 0.3) is 16.9 Å². The van der Waals surface area contributed by atoms with E-state index in [1.807, 2.05) is 66.9 Å². The van der Waals surface area contributed by atoms with Gasteiger partial charge in [0.2, 0.25) is 5.91 Å². The summed E-state index contributed by atoms with van der Waals surface area (Å²) in [7, 11) is 0. The zero-order chi connectivity index (χ0) is 21.8. The highest BCUT2D eigenvalue weighted by Crippen LogP contribution is 2.23. The summed E-state index contributed by atoms with van der Waals surface area (Å²) in [5, 5.41) is 22.3. The van der Waals surface area contributed by atoms with E-state index in [2.05, 4.69) is 10.4 Å². The first-order valence-corrected chi connectivity index (χ1v) is 9.66. The molecule has 0 fully saturated rings. The van der Waals surface area contributed by atoms with Crippen LogP contribution >= 0.6 is 0 Å². The molecule has 2 aromatic heterocycles. The van der Waals surface area contributed by atoms with Crippen molar-refractivity contribution < 1.29 is 9.72 Å². The third-order valence-corrected chi connectivity index (χ3v) is 4.78. The number of nitrogens with one attached hydrogen (secondary N) is 1. The highest BCUT2D eigenvalue weighted by molar-refractivity contribution is 5.76. The zero-order valence-corrected chi connectivity index (χ0v) is 16.8. The van der Waals surface area contributed by atoms with Crippen LogP contribution in [0.5, 0.6) is 0 Å². The van der Waals surface area contributed by atoms with Crippen molar-refractivity contribution in [1.29, 1.82) is 0 Å². The van der Waals surface area contributed by atoms with Crippen molar-refractivity contribution >= 4 is 11.7 Å². The van der Waals surface area contributed by atoms with Crippen LogP contribution in [0.2, 0.25) is 0 Å². The summed E-state index contributed by atoms with van der Waals surface area (Å²) < 4.78 is 3.10. The van der Waals surface area contributed by atoms with Crippen LogP contribution in [0, 0.1) is 17.0 Å². The minimum atomic E-state index is -0.578. The second kappa shape index (κ2) is 8.62. The molecule has 31 heavy (non-hydrogen) atoms. The van der Waals surface area contributed by atoms with Crippen LogP contribution in [0.1, 0.15) is 11.3 Å². The molecule has 156 valence electrons. The Labute approximate surface area is 178 Å². The average molecular weight is 416 g/mol. The fraction of sp³-hybridized carbons (Fsp3) is 0.136. The minimum absolute atomic E-state index is 0.104. The van der Waals surface area contributed by atoms with Crippen LogP contribution in [0.3, 0.4) is 0 Å². The van der Waals surface area contributed by atoms with E-state index < -0.39 is 4.92 Å². The molecule has 9 nitrogen and oxygen atoms in total. The van der Waals surface area contributed by atoms with Crippen LogP contribution in [-0.2, 0) is 17.9 Å². The fourth-order valence-corrected chi connectivity index (χ4v) is 3.22. The van der Waals surface area contributed by atoms with E-state index in [0.29, 0.717) is 5.69 Å². The van der Waals surface area contributed by atoms with Crippen molar-refractivity contribution in [2.45, 2.75) is 20.0 Å². The first-order chi connectivity index (χ1) is 15.0. The second-order valence-corrected chi connectivity index (χ2v) is 6.98. The lowest BCUT2D eigenvalue weighted by atomic mass is 10.1. The van der Waals surface area contributed by atoms with Gasteiger partial charge in [0.1, 0.15) is 6.54 Å². The van der Waals surface area contributed by atoms with Gasteiger partial charge in [0.15, 0.2) is 0 Å². The predicted octanol–water partition coefficient (Wildman–Crippen LogP) is 3.27. The number of aromatic nitrogens is 4. The van der Waals surface area contributed by atoms with Crippen LogP contribution in [0.15, 0.2) is 72.9 Å². The molecular formula is C22H20N6O3. The zero-order valence-electron chi connectivity index (χ0n) is 16.8. The summed E-state index contributed by atoms with van der Waals surface area (Å²) in [6.45, 7) is 1.83. The number of benzene rings is 2. The number of hydrogen-bond acceptors (Lipinski definition) is 5. The molecule has 9 heteroatoms. The number of nitro groups is 1. The van der Waals surface area contributed by atoms with E-state index in [9.17, 15) is 14.9 Å². The molecule has 0 unspecified atom stereocenters. The lowest BCUT2D eigenvalue weighted by molar-refractivity contribution is -0.389. The van der Waals surface area contributed by atoms with E-state index in [1.165, 1.54) is 10.7 Å². The second-order valence-electron chi connectivity index (χ2n) is 6.98. The Kier molecular flexibility index (Phi) is 5.57. The van der Waals surface area contributed by atoms with Gasteiger partial charge in [-0.3, -0.25) is 4.79 Å². The molecule has 0 radical (unpaired) electrons. The summed E-state index contributed by atoms with van der Waals surface area (Å²) in [5.41, 5.74) is 4.03. The van der Waals surface area contributed by atoms with Gasteiger partial charge in [-0.05, 0) is 24.0 Å². The third-order valence-electron chi connectivity index (χ3n) is 4.78. The Morgan fingerprint density at radius 3 is 2.39 bits per heavy atom. The van der Waals surface area contributed by atoms with Crippen molar-refractivity contribution in [2.24, 2.45) is 0 Å². The van der Waals surface area contributed by atoms with Gasteiger partial charge in [-0.15, -0.1) is 0 Å². The smallest absolute Gasteiger partial charge is 0.358 e. The molecule has 1 N–H and O–H groups in total. The highest BCUT2D eigenvalue weighted by atomic mass is 16.6. The topological polar surface area (TPSA) is 108 Å². The SMILES string of the molecule is Cc1cc([N+](=O)[O-])nn1CC(=O)NCc1cn(-c2ccccc2)nc1-c1ccccc1. The van der Waals surface area contributed by atoms with Gasteiger partial charge >= 0.3 is 5.82 Å². The van der Waals surface area contributed by atoms with Crippen LogP contribution in [0.4, 0.5) is 5.82 Å². The summed E-state index contributed by atoms with van der Waals surface area (Å²) in [4.78, 5) is 22.8. The number of aryl methyl sites for hydroxylation is 1. The molecule has 0 saturated carbocycles. The summed E-state index contributed by atoms with van der Waals surface area (Å²) in [6, 6.07) is 20.8. The maximum Gasteiger partial charge on any atom is 0.390 e. The molecule has 1 amide bonds. The normalized spacial score (nSPS) is 10.7. The Bertz CT molecular complexity index is 1210. The fourth-order valence-electron chi connectivity index (χ4n) is 3.22. The number of carbonyl (C=O) groups excluding carboxylic acids is 1. The number of para-hydroxylation sites is 1. The molecule has 2 heterocycles. The van der Waals surface area contributed by atoms with Crippen molar-refractivity contribution in [1.82, 2.24) is 24.9 Å². The highest BCUT2D eigenvalue weighted by Gasteiger charge is 2.18. The molecule has 0 spiro atoms. The summed E-state index contributed by atoms with van der Waals surface area (Å²) in [6.07, 6.45) is 1.89. The Morgan fingerprint density at radius 1 is 1.06 bits per heavy atom. The number of hydrogen-bond donors (Lipinski definition) is 1. The van der Waals surface area contributed by atoms with Crippen molar-refractivity contribution in [2.75, 3.05) is 0 Å². The standard InChI is InChI=1S/C22H20N6O3/c1-16-12-20(28(30)31)24-26(16)15-21(29)23-13-18-14-27(19-10-6-3-7-11-19)25-22(18)17-8-4-2-5-9-17/h2-12,14H,13,15H2,1H3,(H,23,29). The van der Waals surface area contributed by atoms with Crippen molar-refractivity contribution in [3.05, 3.63) is 94.3 Å². The van der Waals surface area contributed by atoms with Crippen molar-refractivity contribution in [3.63, 3.8) is 0 Å². The summed E-state index contributed by atoms with van der Waals surface area (Å²) >= 11 is 0. The van der Waals surface area contributed by atoms with Crippen molar-refractivity contribution in [3.8, 4) is 16.9 Å². The lowest BCUT2D eigenvalue weighted by Crippen LogP contribution is -2.28. The Hall–Kier alpha value is -4.27. The molecule has 0 bridgehead atoms. The molecule has 0 aliphatic carbocycles. The lowest BCUT2D eigenvalue weighted by Gasteiger charge is -2.05. The number of rotatable bonds is 7. The summed E-state index contributed by atoms with van der Waals surface area (Å²) in [5.74, 6) is -0.576. The molecule has 2 aromatic carbocycles. The molecule has 0 saturated heterocycles. The average Bonchev–Trinajstić information content (AvgIpc) is 3.38. The quantitative estimate of drug-likeness (QED) is 0.367. The Balaban J connectivity index is 1.54. The van der Waals surface area contributed by atoms with Gasteiger partial charge in [0, 0.05) is 23.9 Å². The number of carbonyl (C=O) groups is 1. The van der Waals surface area contributed by atoms with E-state index in [4.69, 9.17) is 5.10 Å². The number of nitrogens with zero attached hydrogens (tertiary/aromatic N) is 5. The minimum Gasteiger partial charge on any atom is -0.358 e. The molecule has 4 rings (SSSR count).